The fraction of sp³-hybridized carbons (Fsp3) is 0.571. The predicted molar refractivity (Wildman–Crippen MR) is 71.7 cm³/mol. The van der Waals surface area contributed by atoms with E-state index in [0.29, 0.717) is 6.04 Å². The zero-order valence-electron chi connectivity index (χ0n) is 10.5. The average Bonchev–Trinajstić information content (AvgIpc) is 3.19. The molecule has 0 spiro atoms. The summed E-state index contributed by atoms with van der Waals surface area (Å²) in [7, 11) is 0. The van der Waals surface area contributed by atoms with E-state index in [-0.39, 0.29) is 6.29 Å². The van der Waals surface area contributed by atoms with Crippen LogP contribution in [0.15, 0.2) is 18.2 Å². The van der Waals surface area contributed by atoms with Gasteiger partial charge >= 0.3 is 0 Å². The first-order chi connectivity index (χ1) is 8.81. The molecule has 0 radical (unpaired) electrons. The van der Waals surface area contributed by atoms with Crippen molar-refractivity contribution in [3.8, 4) is 5.75 Å². The van der Waals surface area contributed by atoms with Crippen molar-refractivity contribution in [2.45, 2.75) is 44.4 Å². The molecule has 0 aromatic heterocycles. The van der Waals surface area contributed by atoms with Crippen LogP contribution in [0.2, 0.25) is 0 Å². The third-order valence-electron chi connectivity index (χ3n) is 3.37. The minimum atomic E-state index is -0.101. The monoisotopic (exact) mass is 248 g/mol. The van der Waals surface area contributed by atoms with Crippen LogP contribution in [-0.4, -0.2) is 18.9 Å². The number of rotatable bonds is 4. The maximum Gasteiger partial charge on any atom is 0.199 e. The second kappa shape index (κ2) is 5.06. The van der Waals surface area contributed by atoms with Gasteiger partial charge in [-0.05, 0) is 37.8 Å². The summed E-state index contributed by atoms with van der Waals surface area (Å²) in [5.41, 5.74) is 7.70. The smallest absolute Gasteiger partial charge is 0.199 e. The lowest BCUT2D eigenvalue weighted by Crippen LogP contribution is -2.25. The first kappa shape index (κ1) is 11.7. The minimum absolute atomic E-state index is 0.101. The molecule has 1 aromatic rings. The zero-order chi connectivity index (χ0) is 12.4. The van der Waals surface area contributed by atoms with Gasteiger partial charge in [-0.1, -0.05) is 0 Å². The Balaban J connectivity index is 1.66. The van der Waals surface area contributed by atoms with Gasteiger partial charge in [0.25, 0.3) is 0 Å². The summed E-state index contributed by atoms with van der Waals surface area (Å²) in [6, 6.07) is 6.37. The van der Waals surface area contributed by atoms with Crippen molar-refractivity contribution in [1.82, 2.24) is 0 Å². The van der Waals surface area contributed by atoms with Crippen LogP contribution in [0.1, 0.15) is 32.1 Å². The van der Waals surface area contributed by atoms with Crippen LogP contribution >= 0.6 is 0 Å². The molecule has 1 unspecified atom stereocenters. The maximum absolute atomic E-state index is 5.95. The molecule has 2 aliphatic rings. The first-order valence-electron chi connectivity index (χ1n) is 6.75. The van der Waals surface area contributed by atoms with E-state index in [2.05, 4.69) is 5.32 Å². The molecule has 3 rings (SSSR count). The Morgan fingerprint density at radius 3 is 2.83 bits per heavy atom. The number of benzene rings is 1. The molecule has 3 N–H and O–H groups in total. The molecule has 98 valence electrons. The van der Waals surface area contributed by atoms with Gasteiger partial charge in [-0.2, -0.15) is 0 Å². The number of hydrogen-bond donors (Lipinski definition) is 2. The van der Waals surface area contributed by atoms with E-state index in [1.165, 1.54) is 19.3 Å². The van der Waals surface area contributed by atoms with Crippen LogP contribution in [0.3, 0.4) is 0 Å². The van der Waals surface area contributed by atoms with Crippen LogP contribution in [-0.2, 0) is 4.74 Å². The van der Waals surface area contributed by atoms with E-state index in [1.54, 1.807) is 0 Å². The standard InChI is InChI=1S/C14H20N2O2/c15-12-7-6-11(9-13(12)16-10-4-5-10)18-14-3-1-2-8-17-14/h6-7,9-10,14,16H,1-5,8,15H2. The van der Waals surface area contributed by atoms with Crippen LogP contribution < -0.4 is 15.8 Å². The topological polar surface area (TPSA) is 56.5 Å². The summed E-state index contributed by atoms with van der Waals surface area (Å²) in [6.45, 7) is 0.798. The highest BCUT2D eigenvalue weighted by Crippen LogP contribution is 2.31. The van der Waals surface area contributed by atoms with Gasteiger partial charge in [0, 0.05) is 18.5 Å². The fourth-order valence-electron chi connectivity index (χ4n) is 2.14. The normalized spacial score (nSPS) is 23.7. The van der Waals surface area contributed by atoms with Crippen molar-refractivity contribution in [2.75, 3.05) is 17.7 Å². The second-order valence-corrected chi connectivity index (χ2v) is 5.08. The van der Waals surface area contributed by atoms with E-state index < -0.39 is 0 Å². The van der Waals surface area contributed by atoms with Crippen molar-refractivity contribution in [3.63, 3.8) is 0 Å². The van der Waals surface area contributed by atoms with E-state index in [1.807, 2.05) is 18.2 Å². The largest absolute Gasteiger partial charge is 0.465 e. The van der Waals surface area contributed by atoms with Crippen LogP contribution in [0.4, 0.5) is 11.4 Å². The van der Waals surface area contributed by atoms with Crippen molar-refractivity contribution < 1.29 is 9.47 Å². The molecule has 0 bridgehead atoms. The number of nitrogens with two attached hydrogens (primary N) is 1. The van der Waals surface area contributed by atoms with E-state index in [9.17, 15) is 0 Å². The molecule has 1 heterocycles. The molecule has 4 nitrogen and oxygen atoms in total. The van der Waals surface area contributed by atoms with Gasteiger partial charge in [-0.3, -0.25) is 0 Å². The fourth-order valence-corrected chi connectivity index (χ4v) is 2.14. The summed E-state index contributed by atoms with van der Waals surface area (Å²) < 4.78 is 11.4. The molecule has 1 saturated carbocycles. The second-order valence-electron chi connectivity index (χ2n) is 5.08. The Morgan fingerprint density at radius 1 is 1.22 bits per heavy atom. The lowest BCUT2D eigenvalue weighted by Gasteiger charge is -2.24. The molecule has 2 fully saturated rings. The molecular formula is C14H20N2O2. The number of nitrogen functional groups attached to an aromatic ring is 1. The van der Waals surface area contributed by atoms with Gasteiger partial charge in [0.05, 0.1) is 18.0 Å². The highest BCUT2D eigenvalue weighted by Gasteiger charge is 2.22. The molecule has 18 heavy (non-hydrogen) atoms. The van der Waals surface area contributed by atoms with Gasteiger partial charge in [0.15, 0.2) is 6.29 Å². The Kier molecular flexibility index (Phi) is 3.28. The number of nitrogens with one attached hydrogen (secondary N) is 1. The number of hydrogen-bond acceptors (Lipinski definition) is 4. The maximum atomic E-state index is 5.95. The molecule has 1 atom stereocenters. The van der Waals surface area contributed by atoms with Gasteiger partial charge in [0.1, 0.15) is 5.75 Å². The Labute approximate surface area is 107 Å². The number of anilines is 2. The summed E-state index contributed by atoms with van der Waals surface area (Å²) in [6.07, 6.45) is 5.64. The van der Waals surface area contributed by atoms with E-state index in [0.717, 1.165) is 36.6 Å². The quantitative estimate of drug-likeness (QED) is 0.804. The van der Waals surface area contributed by atoms with Crippen molar-refractivity contribution in [2.24, 2.45) is 0 Å². The van der Waals surface area contributed by atoms with Crippen molar-refractivity contribution in [3.05, 3.63) is 18.2 Å². The van der Waals surface area contributed by atoms with Gasteiger partial charge in [-0.15, -0.1) is 0 Å². The zero-order valence-corrected chi connectivity index (χ0v) is 10.5. The first-order valence-corrected chi connectivity index (χ1v) is 6.75. The number of ether oxygens (including phenoxy) is 2. The summed E-state index contributed by atoms with van der Waals surface area (Å²) in [5, 5.41) is 3.42. The lowest BCUT2D eigenvalue weighted by atomic mass is 10.2. The van der Waals surface area contributed by atoms with E-state index in [4.69, 9.17) is 15.2 Å². The lowest BCUT2D eigenvalue weighted by molar-refractivity contribution is -0.105. The molecule has 0 amide bonds. The third-order valence-corrected chi connectivity index (χ3v) is 3.37. The Bertz CT molecular complexity index is 412. The molecule has 1 aliphatic carbocycles. The SMILES string of the molecule is Nc1ccc(OC2CCCCO2)cc1NC1CC1. The summed E-state index contributed by atoms with van der Waals surface area (Å²) in [4.78, 5) is 0. The van der Waals surface area contributed by atoms with Crippen molar-refractivity contribution >= 4 is 11.4 Å². The average molecular weight is 248 g/mol. The molecule has 1 saturated heterocycles. The Hall–Kier alpha value is -1.42. The molecule has 1 aliphatic heterocycles. The highest BCUT2D eigenvalue weighted by molar-refractivity contribution is 5.68. The third kappa shape index (κ3) is 2.88. The Morgan fingerprint density at radius 2 is 2.11 bits per heavy atom. The van der Waals surface area contributed by atoms with Gasteiger partial charge < -0.3 is 20.5 Å². The molecule has 1 aromatic carbocycles. The molecular weight excluding hydrogens is 228 g/mol. The van der Waals surface area contributed by atoms with Crippen LogP contribution in [0.25, 0.3) is 0 Å². The van der Waals surface area contributed by atoms with Crippen LogP contribution in [0, 0.1) is 0 Å². The van der Waals surface area contributed by atoms with Gasteiger partial charge in [0.2, 0.25) is 0 Å². The van der Waals surface area contributed by atoms with Crippen LogP contribution in [0.5, 0.6) is 5.75 Å². The molecule has 4 heteroatoms. The predicted octanol–water partition coefficient (Wildman–Crippen LogP) is 2.75. The van der Waals surface area contributed by atoms with Crippen molar-refractivity contribution in [1.29, 1.82) is 0 Å². The van der Waals surface area contributed by atoms with E-state index >= 15 is 0 Å². The minimum Gasteiger partial charge on any atom is -0.465 e. The highest BCUT2D eigenvalue weighted by atomic mass is 16.7. The van der Waals surface area contributed by atoms with Gasteiger partial charge in [-0.25, -0.2) is 0 Å². The summed E-state index contributed by atoms with van der Waals surface area (Å²) in [5.74, 6) is 0.833. The summed E-state index contributed by atoms with van der Waals surface area (Å²) >= 11 is 0.